The lowest BCUT2D eigenvalue weighted by Gasteiger charge is -2.50. The van der Waals surface area contributed by atoms with Gasteiger partial charge in [0.1, 0.15) is 23.9 Å². The SMILES string of the molecule is CC1(C)O[C@@H]([C@@H]2OC(C)(C)OCC2(O)C[Si](C)(C)C)[C@@H](/C=C\Cl)O1. The molecule has 24 heavy (non-hydrogen) atoms. The van der Waals surface area contributed by atoms with E-state index in [2.05, 4.69) is 19.6 Å². The maximum Gasteiger partial charge on any atom is 0.164 e. The van der Waals surface area contributed by atoms with Crippen LogP contribution in [0.2, 0.25) is 25.7 Å². The Morgan fingerprint density at radius 2 is 1.71 bits per heavy atom. The van der Waals surface area contributed by atoms with E-state index >= 15 is 0 Å². The van der Waals surface area contributed by atoms with Crippen LogP contribution in [0.25, 0.3) is 0 Å². The molecule has 0 saturated carbocycles. The molecule has 0 aromatic carbocycles. The Hall–Kier alpha value is 0.0469. The highest BCUT2D eigenvalue weighted by Gasteiger charge is 2.57. The number of ether oxygens (including phenoxy) is 4. The smallest absolute Gasteiger partial charge is 0.164 e. The zero-order chi connectivity index (χ0) is 18.4. The molecule has 0 aromatic heterocycles. The van der Waals surface area contributed by atoms with Crippen molar-refractivity contribution < 1.29 is 24.1 Å². The predicted octanol–water partition coefficient (Wildman–Crippen LogP) is 3.48. The fourth-order valence-electron chi connectivity index (χ4n) is 3.55. The van der Waals surface area contributed by atoms with Gasteiger partial charge in [0, 0.05) is 13.6 Å². The van der Waals surface area contributed by atoms with E-state index in [1.807, 2.05) is 27.7 Å². The summed E-state index contributed by atoms with van der Waals surface area (Å²) >= 11 is 5.78. The molecule has 2 saturated heterocycles. The molecule has 0 spiro atoms. The number of hydrogen-bond acceptors (Lipinski definition) is 5. The van der Waals surface area contributed by atoms with Gasteiger partial charge in [0.05, 0.1) is 6.61 Å². The van der Waals surface area contributed by atoms with Gasteiger partial charge in [-0.3, -0.25) is 0 Å². The Balaban J connectivity index is 2.36. The van der Waals surface area contributed by atoms with Gasteiger partial charge in [-0.2, -0.15) is 0 Å². The lowest BCUT2D eigenvalue weighted by atomic mass is 9.90. The van der Waals surface area contributed by atoms with Gasteiger partial charge in [0.25, 0.3) is 0 Å². The summed E-state index contributed by atoms with van der Waals surface area (Å²) in [6.45, 7) is 14.3. The fourth-order valence-corrected chi connectivity index (χ4v) is 5.83. The van der Waals surface area contributed by atoms with Crippen molar-refractivity contribution in [2.75, 3.05) is 6.61 Å². The molecule has 0 aromatic rings. The van der Waals surface area contributed by atoms with Crippen LogP contribution in [0.15, 0.2) is 11.6 Å². The van der Waals surface area contributed by atoms with E-state index in [9.17, 15) is 5.11 Å². The van der Waals surface area contributed by atoms with E-state index < -0.39 is 37.5 Å². The van der Waals surface area contributed by atoms with Crippen LogP contribution in [0.1, 0.15) is 27.7 Å². The molecule has 7 heteroatoms. The molecule has 0 amide bonds. The molecule has 0 bridgehead atoms. The molecule has 2 aliphatic heterocycles. The van der Waals surface area contributed by atoms with Crippen LogP contribution in [0, 0.1) is 0 Å². The minimum absolute atomic E-state index is 0.215. The topological polar surface area (TPSA) is 57.2 Å². The van der Waals surface area contributed by atoms with Crippen LogP contribution >= 0.6 is 11.6 Å². The van der Waals surface area contributed by atoms with Crippen molar-refractivity contribution in [2.24, 2.45) is 0 Å². The van der Waals surface area contributed by atoms with Crippen molar-refractivity contribution in [1.29, 1.82) is 0 Å². The highest BCUT2D eigenvalue weighted by Crippen LogP contribution is 2.42. The Bertz CT molecular complexity index is 488. The summed E-state index contributed by atoms with van der Waals surface area (Å²) in [5.41, 5.74) is 0.303. The van der Waals surface area contributed by atoms with E-state index in [1.54, 1.807) is 6.08 Å². The average molecular weight is 379 g/mol. The van der Waals surface area contributed by atoms with Gasteiger partial charge >= 0.3 is 0 Å². The molecule has 2 aliphatic rings. The molecule has 1 unspecified atom stereocenters. The standard InChI is InChI=1S/C17H31ClO5Si/c1-15(2)20-10-17(19,11-24(5,6)7)14(23-15)13-12(8-9-18)21-16(3,4)22-13/h8-9,12-14,19H,10-11H2,1-7H3/b9-8-/t12-,13-,14+,17?/m1/s1. The summed E-state index contributed by atoms with van der Waals surface area (Å²) in [6.07, 6.45) is 0.332. The molecule has 1 N–H and O–H groups in total. The van der Waals surface area contributed by atoms with E-state index in [1.165, 1.54) is 5.54 Å². The van der Waals surface area contributed by atoms with E-state index in [-0.39, 0.29) is 12.7 Å². The average Bonchev–Trinajstić information content (AvgIpc) is 2.66. The Labute approximate surface area is 151 Å². The van der Waals surface area contributed by atoms with E-state index in [0.29, 0.717) is 6.04 Å². The second-order valence-electron chi connectivity index (χ2n) is 8.95. The quantitative estimate of drug-likeness (QED) is 0.759. The largest absolute Gasteiger partial charge is 0.385 e. The first-order valence-electron chi connectivity index (χ1n) is 8.44. The van der Waals surface area contributed by atoms with E-state index in [0.717, 1.165) is 0 Å². The third kappa shape index (κ3) is 4.81. The summed E-state index contributed by atoms with van der Waals surface area (Å²) < 4.78 is 24.0. The minimum Gasteiger partial charge on any atom is -0.385 e. The van der Waals surface area contributed by atoms with Crippen molar-refractivity contribution >= 4 is 19.7 Å². The third-order valence-electron chi connectivity index (χ3n) is 4.17. The van der Waals surface area contributed by atoms with Gasteiger partial charge < -0.3 is 24.1 Å². The highest BCUT2D eigenvalue weighted by molar-refractivity contribution is 6.76. The number of halogens is 1. The molecular formula is C17H31ClO5Si. The van der Waals surface area contributed by atoms with Crippen LogP contribution in [0.3, 0.4) is 0 Å². The summed E-state index contributed by atoms with van der Waals surface area (Å²) in [4.78, 5) is 0. The summed E-state index contributed by atoms with van der Waals surface area (Å²) in [5.74, 6) is -1.56. The fraction of sp³-hybridized carbons (Fsp3) is 0.882. The van der Waals surface area contributed by atoms with Gasteiger partial charge in [0.15, 0.2) is 11.6 Å². The van der Waals surface area contributed by atoms with Crippen LogP contribution in [-0.4, -0.2) is 55.3 Å². The zero-order valence-electron chi connectivity index (χ0n) is 15.8. The van der Waals surface area contributed by atoms with Crippen molar-refractivity contribution in [3.63, 3.8) is 0 Å². The lowest BCUT2D eigenvalue weighted by Crippen LogP contribution is -2.64. The van der Waals surface area contributed by atoms with Crippen LogP contribution < -0.4 is 0 Å². The summed E-state index contributed by atoms with van der Waals surface area (Å²) in [7, 11) is -1.58. The molecule has 5 nitrogen and oxygen atoms in total. The zero-order valence-corrected chi connectivity index (χ0v) is 17.5. The first-order chi connectivity index (χ1) is 10.8. The van der Waals surface area contributed by atoms with Crippen LogP contribution in [0.4, 0.5) is 0 Å². The van der Waals surface area contributed by atoms with Gasteiger partial charge in [0.2, 0.25) is 0 Å². The number of hydrogen-bond donors (Lipinski definition) is 1. The molecule has 2 fully saturated rings. The maximum absolute atomic E-state index is 11.4. The Morgan fingerprint density at radius 1 is 1.08 bits per heavy atom. The summed E-state index contributed by atoms with van der Waals surface area (Å²) in [6, 6.07) is 0.651. The second-order valence-corrected chi connectivity index (χ2v) is 14.7. The second kappa shape index (κ2) is 6.65. The molecule has 2 heterocycles. The number of rotatable bonds is 4. The highest BCUT2D eigenvalue weighted by atomic mass is 35.5. The molecule has 140 valence electrons. The van der Waals surface area contributed by atoms with Crippen molar-refractivity contribution in [2.45, 2.75) is 88.9 Å². The molecular weight excluding hydrogens is 348 g/mol. The van der Waals surface area contributed by atoms with E-state index in [4.69, 9.17) is 30.5 Å². The van der Waals surface area contributed by atoms with Crippen molar-refractivity contribution in [1.82, 2.24) is 0 Å². The molecule has 4 atom stereocenters. The van der Waals surface area contributed by atoms with Gasteiger partial charge in [-0.1, -0.05) is 31.2 Å². The third-order valence-corrected chi connectivity index (χ3v) is 5.99. The van der Waals surface area contributed by atoms with Gasteiger partial charge in [-0.25, -0.2) is 0 Å². The van der Waals surface area contributed by atoms with Crippen molar-refractivity contribution in [3.8, 4) is 0 Å². The van der Waals surface area contributed by atoms with Crippen molar-refractivity contribution in [3.05, 3.63) is 11.6 Å². The molecule has 2 rings (SSSR count). The van der Waals surface area contributed by atoms with Crippen LogP contribution in [0.5, 0.6) is 0 Å². The maximum atomic E-state index is 11.4. The van der Waals surface area contributed by atoms with Gasteiger partial charge in [-0.15, -0.1) is 0 Å². The first kappa shape index (κ1) is 20.4. The molecule has 0 radical (unpaired) electrons. The minimum atomic E-state index is -1.58. The molecule has 0 aliphatic carbocycles. The normalized spacial score (nSPS) is 39.5. The lowest BCUT2D eigenvalue weighted by molar-refractivity contribution is -0.347. The summed E-state index contributed by atoms with van der Waals surface area (Å²) in [5, 5.41) is 11.4. The Kier molecular flexibility index (Phi) is 5.64. The monoisotopic (exact) mass is 378 g/mol. The predicted molar refractivity (Wildman–Crippen MR) is 96.8 cm³/mol. The van der Waals surface area contributed by atoms with Gasteiger partial charge in [-0.05, 0) is 39.8 Å². The first-order valence-corrected chi connectivity index (χ1v) is 12.6. The van der Waals surface area contributed by atoms with Crippen LogP contribution in [-0.2, 0) is 18.9 Å². The Morgan fingerprint density at radius 3 is 2.25 bits per heavy atom. The number of aliphatic hydroxyl groups is 1.